The summed E-state index contributed by atoms with van der Waals surface area (Å²) in [5.41, 5.74) is 1.01. The molecule has 0 saturated carbocycles. The monoisotopic (exact) mass is 312 g/mol. The molecule has 2 rings (SSSR count). The summed E-state index contributed by atoms with van der Waals surface area (Å²) in [7, 11) is 1.54. The number of benzene rings is 2. The Balaban J connectivity index is 2.15. The molecule has 2 aromatic rings. The van der Waals surface area contributed by atoms with Crippen LogP contribution in [-0.4, -0.2) is 19.0 Å². The van der Waals surface area contributed by atoms with Crippen LogP contribution in [0.2, 0.25) is 0 Å². The molecule has 23 heavy (non-hydrogen) atoms. The van der Waals surface area contributed by atoms with Crippen molar-refractivity contribution in [2.45, 2.75) is 6.92 Å². The largest absolute Gasteiger partial charge is 0.497 e. The molecule has 0 heterocycles. The van der Waals surface area contributed by atoms with E-state index in [9.17, 15) is 9.59 Å². The highest BCUT2D eigenvalue weighted by Gasteiger charge is 2.13. The number of aryl methyl sites for hydroxylation is 1. The number of hydrogen-bond acceptors (Lipinski definition) is 5. The predicted molar refractivity (Wildman–Crippen MR) is 85.0 cm³/mol. The van der Waals surface area contributed by atoms with Crippen molar-refractivity contribution in [3.8, 4) is 17.2 Å². The molecule has 0 spiro atoms. The second-order valence-electron chi connectivity index (χ2n) is 4.67. The normalized spacial score (nSPS) is 9.83. The SMILES string of the molecule is C=CC(=O)Oc1ccc(C(=O)Oc2cccc(OC)c2)c(C)c1. The van der Waals surface area contributed by atoms with Crippen molar-refractivity contribution in [1.29, 1.82) is 0 Å². The van der Waals surface area contributed by atoms with E-state index >= 15 is 0 Å². The van der Waals surface area contributed by atoms with Crippen LogP contribution in [0.25, 0.3) is 0 Å². The van der Waals surface area contributed by atoms with Gasteiger partial charge in [-0.15, -0.1) is 0 Å². The van der Waals surface area contributed by atoms with Crippen molar-refractivity contribution in [3.05, 3.63) is 66.2 Å². The van der Waals surface area contributed by atoms with E-state index in [1.165, 1.54) is 13.2 Å². The third-order valence-corrected chi connectivity index (χ3v) is 3.05. The van der Waals surface area contributed by atoms with Crippen LogP contribution in [0.5, 0.6) is 17.2 Å². The van der Waals surface area contributed by atoms with Gasteiger partial charge in [-0.05, 0) is 42.8 Å². The van der Waals surface area contributed by atoms with E-state index in [2.05, 4.69) is 6.58 Å². The number of rotatable bonds is 5. The van der Waals surface area contributed by atoms with Gasteiger partial charge in [0.25, 0.3) is 0 Å². The van der Waals surface area contributed by atoms with Crippen LogP contribution in [0.15, 0.2) is 55.1 Å². The lowest BCUT2D eigenvalue weighted by atomic mass is 10.1. The summed E-state index contributed by atoms with van der Waals surface area (Å²) in [6.45, 7) is 5.06. The Bertz CT molecular complexity index is 749. The van der Waals surface area contributed by atoms with Crippen LogP contribution >= 0.6 is 0 Å². The quantitative estimate of drug-likeness (QED) is 0.481. The number of hydrogen-bond donors (Lipinski definition) is 0. The first-order valence-electron chi connectivity index (χ1n) is 6.84. The Labute approximate surface area is 134 Å². The molecule has 5 heteroatoms. The van der Waals surface area contributed by atoms with E-state index in [4.69, 9.17) is 14.2 Å². The lowest BCUT2D eigenvalue weighted by Crippen LogP contribution is -2.11. The van der Waals surface area contributed by atoms with E-state index < -0.39 is 11.9 Å². The van der Waals surface area contributed by atoms with Gasteiger partial charge in [0.2, 0.25) is 0 Å². The molecule has 5 nitrogen and oxygen atoms in total. The van der Waals surface area contributed by atoms with Gasteiger partial charge in [-0.25, -0.2) is 9.59 Å². The summed E-state index contributed by atoms with van der Waals surface area (Å²) in [6.07, 6.45) is 1.07. The van der Waals surface area contributed by atoms with E-state index in [0.29, 0.717) is 28.4 Å². The summed E-state index contributed by atoms with van der Waals surface area (Å²) < 4.78 is 15.4. The Morgan fingerprint density at radius 2 is 1.70 bits per heavy atom. The van der Waals surface area contributed by atoms with E-state index in [-0.39, 0.29) is 0 Å². The zero-order valence-corrected chi connectivity index (χ0v) is 12.9. The van der Waals surface area contributed by atoms with Crippen LogP contribution in [0, 0.1) is 6.92 Å². The van der Waals surface area contributed by atoms with Crippen molar-refractivity contribution >= 4 is 11.9 Å². The summed E-state index contributed by atoms with van der Waals surface area (Å²) in [6, 6.07) is 11.4. The molecule has 0 aromatic heterocycles. The Morgan fingerprint density at radius 1 is 1.00 bits per heavy atom. The molecule has 118 valence electrons. The molecule has 0 saturated heterocycles. The molecular formula is C18H16O5. The lowest BCUT2D eigenvalue weighted by molar-refractivity contribution is -0.128. The number of methoxy groups -OCH3 is 1. The standard InChI is InChI=1S/C18H16O5/c1-4-17(19)22-15-8-9-16(12(2)10-15)18(20)23-14-7-5-6-13(11-14)21-3/h4-11H,1H2,2-3H3. The molecule has 0 N–H and O–H groups in total. The summed E-state index contributed by atoms with van der Waals surface area (Å²) in [5.74, 6) is 0.258. The number of ether oxygens (including phenoxy) is 3. The maximum Gasteiger partial charge on any atom is 0.343 e. The molecule has 0 unspecified atom stereocenters. The third kappa shape index (κ3) is 4.20. The average Bonchev–Trinajstić information content (AvgIpc) is 2.54. The molecule has 2 aromatic carbocycles. The highest BCUT2D eigenvalue weighted by Crippen LogP contribution is 2.22. The molecule has 0 aliphatic rings. The van der Waals surface area contributed by atoms with Crippen LogP contribution < -0.4 is 14.2 Å². The van der Waals surface area contributed by atoms with Crippen LogP contribution in [0.4, 0.5) is 0 Å². The van der Waals surface area contributed by atoms with Crippen molar-refractivity contribution in [3.63, 3.8) is 0 Å². The van der Waals surface area contributed by atoms with Gasteiger partial charge in [0, 0.05) is 12.1 Å². The Morgan fingerprint density at radius 3 is 2.35 bits per heavy atom. The maximum absolute atomic E-state index is 12.2. The van der Waals surface area contributed by atoms with E-state index in [0.717, 1.165) is 6.08 Å². The van der Waals surface area contributed by atoms with E-state index in [1.807, 2.05) is 0 Å². The van der Waals surface area contributed by atoms with E-state index in [1.54, 1.807) is 43.3 Å². The number of carbonyl (C=O) groups excluding carboxylic acids is 2. The second-order valence-corrected chi connectivity index (χ2v) is 4.67. The van der Waals surface area contributed by atoms with Gasteiger partial charge in [0.1, 0.15) is 17.2 Å². The molecule has 0 fully saturated rings. The van der Waals surface area contributed by atoms with Gasteiger partial charge < -0.3 is 14.2 Å². The first kappa shape index (κ1) is 16.3. The first-order chi connectivity index (χ1) is 11.0. The lowest BCUT2D eigenvalue weighted by Gasteiger charge is -2.09. The zero-order chi connectivity index (χ0) is 16.8. The number of esters is 2. The average molecular weight is 312 g/mol. The molecule has 0 amide bonds. The fourth-order valence-corrected chi connectivity index (χ4v) is 1.91. The molecule has 0 aliphatic carbocycles. The Kier molecular flexibility index (Phi) is 5.15. The topological polar surface area (TPSA) is 61.8 Å². The molecule has 0 radical (unpaired) electrons. The minimum atomic E-state index is -0.559. The number of carbonyl (C=O) groups is 2. The van der Waals surface area contributed by atoms with Gasteiger partial charge in [0.15, 0.2) is 0 Å². The van der Waals surface area contributed by atoms with Crippen molar-refractivity contribution in [2.75, 3.05) is 7.11 Å². The fourth-order valence-electron chi connectivity index (χ4n) is 1.91. The highest BCUT2D eigenvalue weighted by atomic mass is 16.5. The molecular weight excluding hydrogens is 296 g/mol. The second kappa shape index (κ2) is 7.26. The maximum atomic E-state index is 12.2. The van der Waals surface area contributed by atoms with Gasteiger partial charge in [-0.2, -0.15) is 0 Å². The van der Waals surface area contributed by atoms with Gasteiger partial charge >= 0.3 is 11.9 Å². The minimum Gasteiger partial charge on any atom is -0.497 e. The molecule has 0 bridgehead atoms. The summed E-state index contributed by atoms with van der Waals surface area (Å²) in [5, 5.41) is 0. The molecule has 0 aliphatic heterocycles. The van der Waals surface area contributed by atoms with Gasteiger partial charge in [0.05, 0.1) is 12.7 Å². The molecule has 0 atom stereocenters. The van der Waals surface area contributed by atoms with Gasteiger partial charge in [-0.1, -0.05) is 12.6 Å². The predicted octanol–water partition coefficient (Wildman–Crippen LogP) is 3.31. The summed E-state index contributed by atoms with van der Waals surface area (Å²) in [4.78, 5) is 23.4. The van der Waals surface area contributed by atoms with Crippen LogP contribution in [0.3, 0.4) is 0 Å². The van der Waals surface area contributed by atoms with Crippen molar-refractivity contribution in [2.24, 2.45) is 0 Å². The first-order valence-corrected chi connectivity index (χ1v) is 6.84. The fraction of sp³-hybridized carbons (Fsp3) is 0.111. The van der Waals surface area contributed by atoms with Gasteiger partial charge in [-0.3, -0.25) is 0 Å². The third-order valence-electron chi connectivity index (χ3n) is 3.05. The zero-order valence-electron chi connectivity index (χ0n) is 12.9. The van der Waals surface area contributed by atoms with Crippen molar-refractivity contribution < 1.29 is 23.8 Å². The Hall–Kier alpha value is -3.08. The van der Waals surface area contributed by atoms with Crippen molar-refractivity contribution in [1.82, 2.24) is 0 Å². The smallest absolute Gasteiger partial charge is 0.343 e. The summed E-state index contributed by atoms with van der Waals surface area (Å²) >= 11 is 0. The highest BCUT2D eigenvalue weighted by molar-refractivity contribution is 5.93. The van der Waals surface area contributed by atoms with Crippen LogP contribution in [0.1, 0.15) is 15.9 Å². The minimum absolute atomic E-state index is 0.338. The van der Waals surface area contributed by atoms with Crippen LogP contribution in [-0.2, 0) is 4.79 Å².